The predicted molar refractivity (Wildman–Crippen MR) is 106 cm³/mol. The number of amides is 2. The molecule has 4 rings (SSSR count). The molecule has 0 atom stereocenters. The van der Waals surface area contributed by atoms with Crippen molar-refractivity contribution >= 4 is 23.2 Å². The molecule has 2 aromatic carbocycles. The molecule has 7 nitrogen and oxygen atoms in total. The fourth-order valence-corrected chi connectivity index (χ4v) is 3.43. The van der Waals surface area contributed by atoms with Crippen LogP contribution < -0.4 is 15.0 Å². The lowest BCUT2D eigenvalue weighted by Gasteiger charge is -2.33. The van der Waals surface area contributed by atoms with E-state index >= 15 is 0 Å². The van der Waals surface area contributed by atoms with Crippen molar-refractivity contribution in [3.63, 3.8) is 0 Å². The van der Waals surface area contributed by atoms with Crippen molar-refractivity contribution in [2.75, 3.05) is 56.2 Å². The third-order valence-electron chi connectivity index (χ3n) is 5.02. The number of hydrogen-bond donors (Lipinski definition) is 1. The number of hydrogen-bond acceptors (Lipinski definition) is 5. The summed E-state index contributed by atoms with van der Waals surface area (Å²) in [5, 5.41) is 2.69. The molecule has 8 heteroatoms. The number of morpholine rings is 1. The minimum atomic E-state index is -0.589. The van der Waals surface area contributed by atoms with Crippen molar-refractivity contribution in [1.82, 2.24) is 4.90 Å². The Hall–Kier alpha value is -2.97. The van der Waals surface area contributed by atoms with E-state index in [2.05, 4.69) is 10.2 Å². The number of halogens is 1. The van der Waals surface area contributed by atoms with Gasteiger partial charge in [0.15, 0.2) is 6.61 Å². The van der Waals surface area contributed by atoms with Crippen LogP contribution in [0.25, 0.3) is 0 Å². The summed E-state index contributed by atoms with van der Waals surface area (Å²) in [5.41, 5.74) is 1.02. The summed E-state index contributed by atoms with van der Waals surface area (Å²) >= 11 is 0. The van der Waals surface area contributed by atoms with Crippen LogP contribution in [0.15, 0.2) is 42.5 Å². The van der Waals surface area contributed by atoms with Gasteiger partial charge in [-0.1, -0.05) is 12.1 Å². The van der Waals surface area contributed by atoms with Crippen LogP contribution in [-0.4, -0.2) is 62.7 Å². The van der Waals surface area contributed by atoms with E-state index < -0.39 is 11.7 Å². The average molecular weight is 399 g/mol. The van der Waals surface area contributed by atoms with E-state index in [4.69, 9.17) is 9.47 Å². The van der Waals surface area contributed by atoms with Crippen molar-refractivity contribution < 1.29 is 23.5 Å². The van der Waals surface area contributed by atoms with Gasteiger partial charge in [0.05, 0.1) is 24.5 Å². The molecule has 1 fully saturated rings. The van der Waals surface area contributed by atoms with Crippen LogP contribution in [0, 0.1) is 5.82 Å². The van der Waals surface area contributed by atoms with Gasteiger partial charge in [-0.15, -0.1) is 0 Å². The standard InChI is InChI=1S/C21H22FN3O4/c22-17-4-2-1-3-16(17)21(27)23-15-5-6-19-18(13-15)25(20(26)14-29-19)8-7-24-9-11-28-12-10-24/h1-6,13H,7-12,14H2,(H,23,27). The minimum Gasteiger partial charge on any atom is -0.482 e. The predicted octanol–water partition coefficient (Wildman–Crippen LogP) is 2.14. The van der Waals surface area contributed by atoms with E-state index in [1.807, 2.05) is 0 Å². The number of fused-ring (bicyclic) bond motifs is 1. The van der Waals surface area contributed by atoms with Gasteiger partial charge in [0, 0.05) is 31.9 Å². The minimum absolute atomic E-state index is 0.0168. The van der Waals surface area contributed by atoms with Gasteiger partial charge in [-0.2, -0.15) is 0 Å². The van der Waals surface area contributed by atoms with E-state index in [1.54, 1.807) is 29.2 Å². The Morgan fingerprint density at radius 1 is 1.10 bits per heavy atom. The molecule has 2 amide bonds. The number of ether oxygens (including phenoxy) is 2. The molecule has 2 heterocycles. The highest BCUT2D eigenvalue weighted by Gasteiger charge is 2.27. The van der Waals surface area contributed by atoms with Crippen LogP contribution in [0.1, 0.15) is 10.4 Å². The summed E-state index contributed by atoms with van der Waals surface area (Å²) in [4.78, 5) is 28.8. The molecule has 0 bridgehead atoms. The smallest absolute Gasteiger partial charge is 0.265 e. The zero-order valence-corrected chi connectivity index (χ0v) is 15.9. The third kappa shape index (κ3) is 4.38. The molecule has 1 saturated heterocycles. The number of nitrogens with one attached hydrogen (secondary N) is 1. The SMILES string of the molecule is O=C(Nc1ccc2c(c1)N(CCN1CCOCC1)C(=O)CO2)c1ccccc1F. The largest absolute Gasteiger partial charge is 0.482 e. The first-order chi connectivity index (χ1) is 14.1. The highest BCUT2D eigenvalue weighted by Crippen LogP contribution is 2.34. The fourth-order valence-electron chi connectivity index (χ4n) is 3.43. The highest BCUT2D eigenvalue weighted by molar-refractivity contribution is 6.05. The Kier molecular flexibility index (Phi) is 5.73. The highest BCUT2D eigenvalue weighted by atomic mass is 19.1. The van der Waals surface area contributed by atoms with Gasteiger partial charge in [-0.25, -0.2) is 4.39 Å². The van der Waals surface area contributed by atoms with E-state index in [0.29, 0.717) is 36.9 Å². The van der Waals surface area contributed by atoms with E-state index in [-0.39, 0.29) is 18.1 Å². The number of anilines is 2. The van der Waals surface area contributed by atoms with E-state index in [1.165, 1.54) is 18.2 Å². The van der Waals surface area contributed by atoms with Crippen molar-refractivity contribution in [2.45, 2.75) is 0 Å². The van der Waals surface area contributed by atoms with Gasteiger partial charge in [0.1, 0.15) is 11.6 Å². The summed E-state index contributed by atoms with van der Waals surface area (Å²) in [7, 11) is 0. The Labute approximate surface area is 168 Å². The molecule has 2 aliphatic heterocycles. The van der Waals surface area contributed by atoms with Gasteiger partial charge in [0.2, 0.25) is 0 Å². The second kappa shape index (κ2) is 8.59. The molecule has 0 spiro atoms. The maximum absolute atomic E-state index is 13.9. The second-order valence-electron chi connectivity index (χ2n) is 6.90. The van der Waals surface area contributed by atoms with Crippen molar-refractivity contribution in [2.24, 2.45) is 0 Å². The Morgan fingerprint density at radius 2 is 1.90 bits per heavy atom. The average Bonchev–Trinajstić information content (AvgIpc) is 2.74. The third-order valence-corrected chi connectivity index (χ3v) is 5.02. The van der Waals surface area contributed by atoms with Gasteiger partial charge < -0.3 is 19.7 Å². The maximum atomic E-state index is 13.9. The van der Waals surface area contributed by atoms with Gasteiger partial charge in [0.25, 0.3) is 11.8 Å². The van der Waals surface area contributed by atoms with Crippen LogP contribution in [0.3, 0.4) is 0 Å². The number of carbonyl (C=O) groups is 2. The van der Waals surface area contributed by atoms with Crippen molar-refractivity contribution in [3.05, 3.63) is 53.8 Å². The van der Waals surface area contributed by atoms with E-state index in [9.17, 15) is 14.0 Å². The first-order valence-corrected chi connectivity index (χ1v) is 9.55. The first kappa shape index (κ1) is 19.4. The molecule has 0 aliphatic carbocycles. The Morgan fingerprint density at radius 3 is 2.69 bits per heavy atom. The lowest BCUT2D eigenvalue weighted by atomic mass is 10.1. The van der Waals surface area contributed by atoms with Crippen LogP contribution in [0.4, 0.5) is 15.8 Å². The first-order valence-electron chi connectivity index (χ1n) is 9.55. The Bertz CT molecular complexity index is 915. The van der Waals surface area contributed by atoms with Gasteiger partial charge in [-0.05, 0) is 30.3 Å². The number of benzene rings is 2. The lowest BCUT2D eigenvalue weighted by molar-refractivity contribution is -0.121. The van der Waals surface area contributed by atoms with Gasteiger partial charge >= 0.3 is 0 Å². The van der Waals surface area contributed by atoms with Crippen molar-refractivity contribution in [3.8, 4) is 5.75 Å². The molecule has 0 aromatic heterocycles. The quantitative estimate of drug-likeness (QED) is 0.834. The molecule has 2 aliphatic rings. The normalized spacial score (nSPS) is 16.9. The van der Waals surface area contributed by atoms with Crippen LogP contribution in [0.2, 0.25) is 0 Å². The summed E-state index contributed by atoms with van der Waals surface area (Å²) in [6.45, 7) is 4.28. The molecule has 0 radical (unpaired) electrons. The second-order valence-corrected chi connectivity index (χ2v) is 6.90. The Balaban J connectivity index is 1.50. The summed E-state index contributed by atoms with van der Waals surface area (Å²) < 4.78 is 24.7. The van der Waals surface area contributed by atoms with Crippen molar-refractivity contribution in [1.29, 1.82) is 0 Å². The lowest BCUT2D eigenvalue weighted by Crippen LogP contribution is -2.45. The number of rotatable bonds is 5. The van der Waals surface area contributed by atoms with Crippen LogP contribution in [-0.2, 0) is 9.53 Å². The molecule has 0 unspecified atom stereocenters. The molecular weight excluding hydrogens is 377 g/mol. The maximum Gasteiger partial charge on any atom is 0.265 e. The molecule has 29 heavy (non-hydrogen) atoms. The summed E-state index contributed by atoms with van der Waals surface area (Å²) in [6.07, 6.45) is 0. The molecular formula is C21H22FN3O4. The summed E-state index contributed by atoms with van der Waals surface area (Å²) in [6, 6.07) is 10.9. The van der Waals surface area contributed by atoms with Gasteiger partial charge in [-0.3, -0.25) is 14.5 Å². The zero-order chi connectivity index (χ0) is 20.2. The fraction of sp³-hybridized carbons (Fsp3) is 0.333. The number of nitrogens with zero attached hydrogens (tertiary/aromatic N) is 2. The monoisotopic (exact) mass is 399 g/mol. The molecule has 152 valence electrons. The van der Waals surface area contributed by atoms with Crippen LogP contribution in [0.5, 0.6) is 5.75 Å². The number of carbonyl (C=O) groups excluding carboxylic acids is 2. The van der Waals surface area contributed by atoms with Crippen LogP contribution >= 0.6 is 0 Å². The molecule has 0 saturated carbocycles. The molecule has 2 aromatic rings. The molecule has 1 N–H and O–H groups in total. The van der Waals surface area contributed by atoms with E-state index in [0.717, 1.165) is 19.6 Å². The zero-order valence-electron chi connectivity index (χ0n) is 15.9. The summed E-state index contributed by atoms with van der Waals surface area (Å²) in [5.74, 6) is -0.696. The topological polar surface area (TPSA) is 71.1 Å².